The lowest BCUT2D eigenvalue weighted by Gasteiger charge is -2.42. The minimum atomic E-state index is -0.928. The second kappa shape index (κ2) is 9.66. The first kappa shape index (κ1) is 25.5. The number of anilines is 4. The number of fused-ring (bicyclic) bond motifs is 3. The van der Waals surface area contributed by atoms with Crippen molar-refractivity contribution in [3.8, 4) is 0 Å². The number of nitrogens with zero attached hydrogens (tertiary/aromatic N) is 6. The molecule has 8 rings (SSSR count). The molecule has 2 N–H and O–H groups in total. The first-order chi connectivity index (χ1) is 20.0. The predicted molar refractivity (Wildman–Crippen MR) is 157 cm³/mol. The van der Waals surface area contributed by atoms with Crippen LogP contribution in [-0.2, 0) is 9.59 Å². The lowest BCUT2D eigenvalue weighted by Crippen LogP contribution is -2.52. The highest BCUT2D eigenvalue weighted by Gasteiger charge is 2.81. The Balaban J connectivity index is 0.971. The average Bonchev–Trinajstić information content (AvgIpc) is 3.23. The van der Waals surface area contributed by atoms with E-state index in [0.717, 1.165) is 50.0 Å². The summed E-state index contributed by atoms with van der Waals surface area (Å²) in [6, 6.07) is 9.36. The molecule has 216 valence electrons. The van der Waals surface area contributed by atoms with Gasteiger partial charge in [0.1, 0.15) is 11.2 Å². The predicted octanol–water partition coefficient (Wildman–Crippen LogP) is 2.56. The first-order valence-corrected chi connectivity index (χ1v) is 15.6. The van der Waals surface area contributed by atoms with Gasteiger partial charge >= 0.3 is 0 Å². The van der Waals surface area contributed by atoms with Gasteiger partial charge in [0.25, 0.3) is 0 Å². The molecule has 2 amide bonds. The molecule has 5 heterocycles. The Morgan fingerprint density at radius 2 is 1.66 bits per heavy atom. The summed E-state index contributed by atoms with van der Waals surface area (Å²) >= 11 is 0. The average molecular weight is 557 g/mol. The molecule has 10 nitrogen and oxygen atoms in total. The molecular weight excluding hydrogens is 516 g/mol. The number of rotatable bonds is 5. The molecule has 3 saturated heterocycles. The monoisotopic (exact) mass is 556 g/mol. The fourth-order valence-corrected chi connectivity index (χ4v) is 8.46. The van der Waals surface area contributed by atoms with Gasteiger partial charge in [0.2, 0.25) is 17.8 Å². The topological polar surface area (TPSA) is 96.9 Å². The van der Waals surface area contributed by atoms with Gasteiger partial charge in [-0.3, -0.25) is 19.4 Å². The van der Waals surface area contributed by atoms with Crippen molar-refractivity contribution >= 4 is 35.0 Å². The number of carbonyl (C=O) groups excluding carboxylic acids is 2. The van der Waals surface area contributed by atoms with Crippen LogP contribution in [0.1, 0.15) is 50.0 Å². The van der Waals surface area contributed by atoms with Crippen LogP contribution >= 0.6 is 0 Å². The standard InChI is InChI=1S/C31H40N8O2/c1-36-14-16-38(17-15-36)22-10-12-37(13-11-22)21-8-6-20(7-9-21)34-30-33-18-24-26-25-19-32-28(40)31(25,26)29(41)39(27(24)35-30)23-4-2-3-5-23/h6-9,18,22-23,25-26H,2-5,10-17,19H2,1H3,(H,32,40)(H,33,34,35)/t25?,26?,31-/m1/s1. The summed E-state index contributed by atoms with van der Waals surface area (Å²) in [4.78, 5) is 45.8. The minimum Gasteiger partial charge on any atom is -0.371 e. The van der Waals surface area contributed by atoms with Crippen molar-refractivity contribution in [2.75, 3.05) is 68.0 Å². The zero-order valence-electron chi connectivity index (χ0n) is 23.9. The summed E-state index contributed by atoms with van der Waals surface area (Å²) in [6.07, 6.45) is 8.41. The molecule has 4 aliphatic heterocycles. The Bertz CT molecular complexity index is 1340. The van der Waals surface area contributed by atoms with Gasteiger partial charge in [-0.05, 0) is 57.0 Å². The molecular formula is C31H40N8O2. The first-order valence-electron chi connectivity index (χ1n) is 15.6. The molecule has 1 spiro atoms. The lowest BCUT2D eigenvalue weighted by atomic mass is 9.92. The largest absolute Gasteiger partial charge is 0.371 e. The Labute approximate surface area is 241 Å². The van der Waals surface area contributed by atoms with E-state index in [4.69, 9.17) is 4.98 Å². The quantitative estimate of drug-likeness (QED) is 0.543. The van der Waals surface area contributed by atoms with Crippen molar-refractivity contribution in [1.29, 1.82) is 0 Å². The van der Waals surface area contributed by atoms with Crippen LogP contribution in [0.15, 0.2) is 30.5 Å². The fourth-order valence-electron chi connectivity index (χ4n) is 8.46. The third kappa shape index (κ3) is 3.97. The molecule has 10 heteroatoms. The number of amides is 2. The van der Waals surface area contributed by atoms with Gasteiger partial charge in [0.15, 0.2) is 0 Å². The number of nitrogens with one attached hydrogen (secondary N) is 2. The van der Waals surface area contributed by atoms with Crippen molar-refractivity contribution in [3.63, 3.8) is 0 Å². The third-order valence-electron chi connectivity index (χ3n) is 10.9. The van der Waals surface area contributed by atoms with Crippen LogP contribution in [-0.4, -0.2) is 96.5 Å². The van der Waals surface area contributed by atoms with E-state index in [0.29, 0.717) is 24.4 Å². The van der Waals surface area contributed by atoms with Crippen molar-refractivity contribution in [1.82, 2.24) is 25.1 Å². The zero-order valence-corrected chi connectivity index (χ0v) is 23.9. The zero-order chi connectivity index (χ0) is 27.7. The minimum absolute atomic E-state index is 0.0224. The number of benzene rings is 1. The maximum absolute atomic E-state index is 13.9. The molecule has 3 atom stereocenters. The van der Waals surface area contributed by atoms with E-state index < -0.39 is 5.41 Å². The molecule has 5 fully saturated rings. The van der Waals surface area contributed by atoms with Crippen LogP contribution in [0.25, 0.3) is 0 Å². The van der Waals surface area contributed by atoms with Gasteiger partial charge in [-0.2, -0.15) is 4.98 Å². The molecule has 41 heavy (non-hydrogen) atoms. The van der Waals surface area contributed by atoms with Gasteiger partial charge in [-0.1, -0.05) is 12.8 Å². The van der Waals surface area contributed by atoms with E-state index in [2.05, 4.69) is 61.6 Å². The highest BCUT2D eigenvalue weighted by Crippen LogP contribution is 2.71. The Morgan fingerprint density at radius 3 is 2.39 bits per heavy atom. The van der Waals surface area contributed by atoms with Crippen molar-refractivity contribution in [2.24, 2.45) is 11.3 Å². The van der Waals surface area contributed by atoms with Crippen LogP contribution in [0.4, 0.5) is 23.1 Å². The molecule has 6 aliphatic rings. The summed E-state index contributed by atoms with van der Waals surface area (Å²) in [5.41, 5.74) is 2.20. The maximum Gasteiger partial charge on any atom is 0.245 e. The second-order valence-electron chi connectivity index (χ2n) is 13.0. The van der Waals surface area contributed by atoms with E-state index in [1.807, 2.05) is 11.1 Å². The molecule has 2 saturated carbocycles. The Hall–Kier alpha value is -3.24. The SMILES string of the molecule is CN1CCN(C2CCN(c3ccc(Nc4ncc5c(n4)N(C4CCCC4)C(=O)[C@]46C(=O)NCC4C56)cc3)CC2)CC1. The van der Waals surface area contributed by atoms with Crippen LogP contribution in [0.2, 0.25) is 0 Å². The van der Waals surface area contributed by atoms with E-state index in [-0.39, 0.29) is 29.7 Å². The fraction of sp³-hybridized carbons (Fsp3) is 0.613. The van der Waals surface area contributed by atoms with E-state index in [1.54, 1.807) is 0 Å². The lowest BCUT2D eigenvalue weighted by molar-refractivity contribution is -0.135. The van der Waals surface area contributed by atoms with Crippen LogP contribution in [0.3, 0.4) is 0 Å². The van der Waals surface area contributed by atoms with Crippen LogP contribution in [0, 0.1) is 11.3 Å². The van der Waals surface area contributed by atoms with Crippen molar-refractivity contribution in [3.05, 3.63) is 36.0 Å². The summed E-state index contributed by atoms with van der Waals surface area (Å²) in [5.74, 6) is 0.965. The van der Waals surface area contributed by atoms with Gasteiger partial charge in [-0.15, -0.1) is 0 Å². The second-order valence-corrected chi connectivity index (χ2v) is 13.0. The van der Waals surface area contributed by atoms with Crippen LogP contribution in [0.5, 0.6) is 0 Å². The number of carbonyl (C=O) groups is 2. The smallest absolute Gasteiger partial charge is 0.245 e. The molecule has 1 aromatic carbocycles. The number of hydrogen-bond acceptors (Lipinski definition) is 8. The van der Waals surface area contributed by atoms with E-state index in [9.17, 15) is 9.59 Å². The summed E-state index contributed by atoms with van der Waals surface area (Å²) in [7, 11) is 2.22. The number of piperazine rings is 1. The summed E-state index contributed by atoms with van der Waals surface area (Å²) < 4.78 is 0. The number of likely N-dealkylation sites (N-methyl/N-ethyl adjacent to an activating group) is 1. The van der Waals surface area contributed by atoms with E-state index in [1.165, 1.54) is 44.7 Å². The highest BCUT2D eigenvalue weighted by atomic mass is 16.2. The molecule has 0 bridgehead atoms. The molecule has 0 radical (unpaired) electrons. The highest BCUT2D eigenvalue weighted by molar-refractivity contribution is 6.19. The Kier molecular flexibility index (Phi) is 6.00. The molecule has 1 aromatic heterocycles. The summed E-state index contributed by atoms with van der Waals surface area (Å²) in [5, 5.41) is 6.31. The molecule has 2 aliphatic carbocycles. The van der Waals surface area contributed by atoms with Gasteiger partial charge in [0, 0.05) is 92.9 Å². The molecule has 2 aromatic rings. The summed E-state index contributed by atoms with van der Waals surface area (Å²) in [6.45, 7) is 7.47. The van der Waals surface area contributed by atoms with Crippen molar-refractivity contribution in [2.45, 2.75) is 56.5 Å². The normalized spacial score (nSPS) is 30.7. The Morgan fingerprint density at radius 1 is 0.927 bits per heavy atom. The molecule has 2 unspecified atom stereocenters. The third-order valence-corrected chi connectivity index (χ3v) is 10.9. The van der Waals surface area contributed by atoms with Gasteiger partial charge < -0.3 is 20.4 Å². The van der Waals surface area contributed by atoms with Gasteiger partial charge in [-0.25, -0.2) is 4.98 Å². The maximum atomic E-state index is 13.9. The van der Waals surface area contributed by atoms with Gasteiger partial charge in [0.05, 0.1) is 0 Å². The number of hydrogen-bond donors (Lipinski definition) is 2. The number of aromatic nitrogens is 2. The van der Waals surface area contributed by atoms with Crippen molar-refractivity contribution < 1.29 is 9.59 Å². The number of piperidine rings is 2. The van der Waals surface area contributed by atoms with Crippen LogP contribution < -0.4 is 20.4 Å². The van der Waals surface area contributed by atoms with E-state index >= 15 is 0 Å².